The van der Waals surface area contributed by atoms with Gasteiger partial charge in [-0.3, -0.25) is 0 Å². The normalized spacial score (nSPS) is 28.9. The van der Waals surface area contributed by atoms with E-state index < -0.39 is 0 Å². The molecule has 0 aromatic carbocycles. The summed E-state index contributed by atoms with van der Waals surface area (Å²) >= 11 is 0. The molecular weight excluding hydrogens is 212 g/mol. The van der Waals surface area contributed by atoms with Gasteiger partial charge in [-0.15, -0.1) is 0 Å². The highest BCUT2D eigenvalue weighted by Gasteiger charge is 2.31. The minimum absolute atomic E-state index is 0.727. The topological polar surface area (TPSA) is 41.1 Å². The van der Waals surface area contributed by atoms with Crippen LogP contribution in [0.3, 0.4) is 0 Å². The smallest absolute Gasteiger partial charge is 0.225 e. The molecule has 2 saturated heterocycles. The molecule has 2 atom stereocenters. The summed E-state index contributed by atoms with van der Waals surface area (Å²) in [5, 5.41) is 3.64. The summed E-state index contributed by atoms with van der Waals surface area (Å²) in [6.45, 7) is 5.42. The molecule has 0 spiro atoms. The first kappa shape index (κ1) is 11.0. The van der Waals surface area contributed by atoms with E-state index in [0.29, 0.717) is 0 Å². The van der Waals surface area contributed by atoms with E-state index in [0.717, 1.165) is 36.7 Å². The number of fused-ring (bicyclic) bond motifs is 1. The monoisotopic (exact) mass is 232 g/mol. The van der Waals surface area contributed by atoms with Crippen molar-refractivity contribution in [2.24, 2.45) is 5.92 Å². The minimum atomic E-state index is 0.727. The van der Waals surface area contributed by atoms with E-state index in [2.05, 4.69) is 20.2 Å². The molecule has 0 radical (unpaired) electrons. The zero-order valence-corrected chi connectivity index (χ0v) is 10.4. The molecule has 4 heteroatoms. The zero-order valence-electron chi connectivity index (χ0n) is 10.4. The van der Waals surface area contributed by atoms with Crippen molar-refractivity contribution in [2.45, 2.75) is 32.2 Å². The van der Waals surface area contributed by atoms with Crippen LogP contribution in [0.1, 0.15) is 25.0 Å². The molecule has 2 unspecified atom stereocenters. The average Bonchev–Trinajstić information content (AvgIpc) is 2.38. The van der Waals surface area contributed by atoms with Gasteiger partial charge in [-0.25, -0.2) is 9.97 Å². The van der Waals surface area contributed by atoms with Crippen molar-refractivity contribution in [3.63, 3.8) is 0 Å². The van der Waals surface area contributed by atoms with Gasteiger partial charge in [-0.1, -0.05) is 0 Å². The van der Waals surface area contributed by atoms with Gasteiger partial charge < -0.3 is 10.2 Å². The number of aryl methyl sites for hydroxylation is 1. The van der Waals surface area contributed by atoms with Crippen molar-refractivity contribution in [3.8, 4) is 0 Å². The number of anilines is 1. The van der Waals surface area contributed by atoms with Crippen molar-refractivity contribution in [1.29, 1.82) is 0 Å². The van der Waals surface area contributed by atoms with Crippen LogP contribution in [-0.4, -0.2) is 35.6 Å². The molecule has 2 fully saturated rings. The van der Waals surface area contributed by atoms with E-state index in [1.54, 1.807) is 0 Å². The SMILES string of the molecule is Cc1ccnc(N2CCC3NCCCC3C2)n1. The van der Waals surface area contributed by atoms with Crippen LogP contribution in [0.2, 0.25) is 0 Å². The summed E-state index contributed by atoms with van der Waals surface area (Å²) in [7, 11) is 0. The van der Waals surface area contributed by atoms with Crippen LogP contribution in [-0.2, 0) is 0 Å². The predicted molar refractivity (Wildman–Crippen MR) is 68.1 cm³/mol. The highest BCUT2D eigenvalue weighted by Crippen LogP contribution is 2.26. The number of nitrogens with zero attached hydrogens (tertiary/aromatic N) is 3. The number of hydrogen-bond donors (Lipinski definition) is 1. The van der Waals surface area contributed by atoms with Crippen LogP contribution in [0.5, 0.6) is 0 Å². The third kappa shape index (κ3) is 2.27. The lowest BCUT2D eigenvalue weighted by Crippen LogP contribution is -2.52. The van der Waals surface area contributed by atoms with Crippen LogP contribution in [0.4, 0.5) is 5.95 Å². The number of hydrogen-bond acceptors (Lipinski definition) is 4. The van der Waals surface area contributed by atoms with Crippen LogP contribution in [0.15, 0.2) is 12.3 Å². The van der Waals surface area contributed by atoms with Crippen LogP contribution in [0.25, 0.3) is 0 Å². The lowest BCUT2D eigenvalue weighted by Gasteiger charge is -2.41. The Balaban J connectivity index is 1.73. The summed E-state index contributed by atoms with van der Waals surface area (Å²) in [6.07, 6.45) is 5.74. The van der Waals surface area contributed by atoms with E-state index in [-0.39, 0.29) is 0 Å². The Bertz CT molecular complexity index is 393. The van der Waals surface area contributed by atoms with Crippen molar-refractivity contribution < 1.29 is 0 Å². The second-order valence-corrected chi connectivity index (χ2v) is 5.20. The summed E-state index contributed by atoms with van der Waals surface area (Å²) in [5.41, 5.74) is 1.05. The van der Waals surface area contributed by atoms with Gasteiger partial charge in [0.05, 0.1) is 0 Å². The highest BCUT2D eigenvalue weighted by molar-refractivity contribution is 5.31. The molecule has 1 aromatic heterocycles. The highest BCUT2D eigenvalue weighted by atomic mass is 15.3. The van der Waals surface area contributed by atoms with Crippen LogP contribution in [0, 0.1) is 12.8 Å². The summed E-state index contributed by atoms with van der Waals surface area (Å²) < 4.78 is 0. The summed E-state index contributed by atoms with van der Waals surface area (Å²) in [5.74, 6) is 1.69. The Morgan fingerprint density at radius 1 is 1.41 bits per heavy atom. The Morgan fingerprint density at radius 2 is 2.35 bits per heavy atom. The summed E-state index contributed by atoms with van der Waals surface area (Å²) in [4.78, 5) is 11.3. The van der Waals surface area contributed by atoms with Gasteiger partial charge in [0.1, 0.15) is 0 Å². The van der Waals surface area contributed by atoms with E-state index in [9.17, 15) is 0 Å². The number of piperidine rings is 2. The molecule has 2 aliphatic rings. The first-order valence-corrected chi connectivity index (χ1v) is 6.61. The van der Waals surface area contributed by atoms with Gasteiger partial charge in [-0.2, -0.15) is 0 Å². The molecule has 17 heavy (non-hydrogen) atoms. The van der Waals surface area contributed by atoms with Crippen molar-refractivity contribution in [3.05, 3.63) is 18.0 Å². The van der Waals surface area contributed by atoms with Gasteiger partial charge in [0.25, 0.3) is 0 Å². The maximum atomic E-state index is 4.53. The fourth-order valence-electron chi connectivity index (χ4n) is 3.01. The molecule has 0 bridgehead atoms. The van der Waals surface area contributed by atoms with E-state index in [1.807, 2.05) is 19.2 Å². The van der Waals surface area contributed by atoms with E-state index in [4.69, 9.17) is 0 Å². The molecule has 3 rings (SSSR count). The molecule has 92 valence electrons. The average molecular weight is 232 g/mol. The molecule has 1 aromatic rings. The number of rotatable bonds is 1. The summed E-state index contributed by atoms with van der Waals surface area (Å²) in [6, 6.07) is 2.68. The van der Waals surface area contributed by atoms with Gasteiger partial charge in [0.2, 0.25) is 5.95 Å². The molecule has 0 aliphatic carbocycles. The molecule has 3 heterocycles. The largest absolute Gasteiger partial charge is 0.340 e. The second kappa shape index (κ2) is 4.61. The maximum Gasteiger partial charge on any atom is 0.225 e. The first-order chi connectivity index (χ1) is 8.33. The van der Waals surface area contributed by atoms with E-state index in [1.165, 1.54) is 25.8 Å². The zero-order chi connectivity index (χ0) is 11.7. The lowest BCUT2D eigenvalue weighted by atomic mass is 9.85. The number of aromatic nitrogens is 2. The quantitative estimate of drug-likeness (QED) is 0.794. The fourth-order valence-corrected chi connectivity index (χ4v) is 3.01. The van der Waals surface area contributed by atoms with Gasteiger partial charge in [0, 0.05) is 31.0 Å². The van der Waals surface area contributed by atoms with E-state index >= 15 is 0 Å². The molecule has 0 saturated carbocycles. The van der Waals surface area contributed by atoms with Crippen LogP contribution < -0.4 is 10.2 Å². The molecule has 2 aliphatic heterocycles. The standard InChI is InChI=1S/C13H20N4/c1-10-4-7-15-13(16-10)17-8-5-12-11(9-17)3-2-6-14-12/h4,7,11-12,14H,2-3,5-6,8-9H2,1H3. The minimum Gasteiger partial charge on any atom is -0.340 e. The Kier molecular flexibility index (Phi) is 2.97. The Morgan fingerprint density at radius 3 is 3.24 bits per heavy atom. The molecule has 1 N–H and O–H groups in total. The lowest BCUT2D eigenvalue weighted by molar-refractivity contribution is 0.243. The molecule has 4 nitrogen and oxygen atoms in total. The Hall–Kier alpha value is -1.16. The third-order valence-electron chi connectivity index (χ3n) is 3.96. The molecule has 0 amide bonds. The fraction of sp³-hybridized carbons (Fsp3) is 0.692. The van der Waals surface area contributed by atoms with Gasteiger partial charge in [-0.05, 0) is 44.7 Å². The second-order valence-electron chi connectivity index (χ2n) is 5.20. The first-order valence-electron chi connectivity index (χ1n) is 6.61. The van der Waals surface area contributed by atoms with Crippen LogP contribution >= 0.6 is 0 Å². The third-order valence-corrected chi connectivity index (χ3v) is 3.96. The van der Waals surface area contributed by atoms with Gasteiger partial charge in [0.15, 0.2) is 0 Å². The molecular formula is C13H20N4. The van der Waals surface area contributed by atoms with Crippen molar-refractivity contribution >= 4 is 5.95 Å². The maximum absolute atomic E-state index is 4.53. The Labute approximate surface area is 102 Å². The van der Waals surface area contributed by atoms with Crippen molar-refractivity contribution in [2.75, 3.05) is 24.5 Å². The number of nitrogens with one attached hydrogen (secondary N) is 1. The van der Waals surface area contributed by atoms with Crippen molar-refractivity contribution in [1.82, 2.24) is 15.3 Å². The van der Waals surface area contributed by atoms with Gasteiger partial charge >= 0.3 is 0 Å². The predicted octanol–water partition coefficient (Wildman–Crippen LogP) is 1.36.